The molecule has 0 bridgehead atoms. The normalized spacial score (nSPS) is 11.6. The number of hydrogen-bond acceptors (Lipinski definition) is 4. The van der Waals surface area contributed by atoms with Gasteiger partial charge in [0.05, 0.1) is 4.90 Å². The number of aryl methyl sites for hydroxylation is 1. The first-order valence-corrected chi connectivity index (χ1v) is 9.91. The minimum atomic E-state index is -3.70. The van der Waals surface area contributed by atoms with E-state index in [1.54, 1.807) is 19.9 Å². The van der Waals surface area contributed by atoms with Crippen LogP contribution in [0, 0.1) is 13.8 Å². The lowest BCUT2D eigenvalue weighted by molar-refractivity contribution is 0.102. The molecule has 0 aliphatic rings. The van der Waals surface area contributed by atoms with Gasteiger partial charge in [-0.1, -0.05) is 11.8 Å². The Morgan fingerprint density at radius 3 is 2.27 bits per heavy atom. The number of anilines is 1. The number of carbonyl (C=O) groups is 1. The number of carbonyl (C=O) groups excluding carboxylic acids is 1. The predicted molar refractivity (Wildman–Crippen MR) is 98.4 cm³/mol. The van der Waals surface area contributed by atoms with Crippen molar-refractivity contribution in [2.75, 3.05) is 12.4 Å². The van der Waals surface area contributed by atoms with E-state index in [1.165, 1.54) is 37.4 Å². The molecule has 0 radical (unpaired) electrons. The third-order valence-corrected chi connectivity index (χ3v) is 6.04. The van der Waals surface area contributed by atoms with Crippen LogP contribution in [0.25, 0.3) is 0 Å². The van der Waals surface area contributed by atoms with E-state index in [0.717, 1.165) is 0 Å². The van der Waals surface area contributed by atoms with Gasteiger partial charge < -0.3 is 5.32 Å². The standard InChI is InChI=1S/C17H18F2N2O3S2/c1-10-8-12(9-15(11(10)2)26(23,24)20-3)16(22)21-13-4-6-14(7-5-13)25-17(18)19/h4-9,17,20H,1-3H3,(H,21,22). The highest BCUT2D eigenvalue weighted by Gasteiger charge is 2.19. The molecule has 0 unspecified atom stereocenters. The predicted octanol–water partition coefficient (Wildman–Crippen LogP) is 3.78. The zero-order chi connectivity index (χ0) is 19.5. The van der Waals surface area contributed by atoms with Crippen molar-refractivity contribution in [3.8, 4) is 0 Å². The van der Waals surface area contributed by atoms with Crippen LogP contribution in [-0.4, -0.2) is 27.1 Å². The molecule has 0 heterocycles. The van der Waals surface area contributed by atoms with E-state index < -0.39 is 21.7 Å². The van der Waals surface area contributed by atoms with Crippen molar-refractivity contribution in [1.82, 2.24) is 4.72 Å². The van der Waals surface area contributed by atoms with Gasteiger partial charge in [-0.3, -0.25) is 4.79 Å². The van der Waals surface area contributed by atoms with Crippen LogP contribution in [-0.2, 0) is 10.0 Å². The fraction of sp³-hybridized carbons (Fsp3) is 0.235. The van der Waals surface area contributed by atoms with E-state index >= 15 is 0 Å². The van der Waals surface area contributed by atoms with Crippen LogP contribution in [0.1, 0.15) is 21.5 Å². The van der Waals surface area contributed by atoms with E-state index in [1.807, 2.05) is 0 Å². The molecule has 5 nitrogen and oxygen atoms in total. The van der Waals surface area contributed by atoms with Crippen molar-refractivity contribution in [1.29, 1.82) is 0 Å². The molecule has 0 aromatic heterocycles. The second kappa shape index (κ2) is 8.15. The summed E-state index contributed by atoms with van der Waals surface area (Å²) in [5.41, 5.74) is 1.83. The summed E-state index contributed by atoms with van der Waals surface area (Å²) in [5.74, 6) is -3.01. The van der Waals surface area contributed by atoms with Crippen molar-refractivity contribution < 1.29 is 22.0 Å². The molecular weight excluding hydrogens is 382 g/mol. The van der Waals surface area contributed by atoms with E-state index in [4.69, 9.17) is 0 Å². The first-order chi connectivity index (χ1) is 12.1. The number of sulfonamides is 1. The number of amides is 1. The lowest BCUT2D eigenvalue weighted by atomic mass is 10.1. The molecule has 0 aliphatic carbocycles. The Morgan fingerprint density at radius 1 is 1.12 bits per heavy atom. The molecule has 2 N–H and O–H groups in total. The molecule has 140 valence electrons. The summed E-state index contributed by atoms with van der Waals surface area (Å²) in [5, 5.41) is 2.63. The molecule has 26 heavy (non-hydrogen) atoms. The zero-order valence-corrected chi connectivity index (χ0v) is 16.0. The largest absolute Gasteiger partial charge is 0.322 e. The topological polar surface area (TPSA) is 75.3 Å². The van der Waals surface area contributed by atoms with Crippen LogP contribution >= 0.6 is 11.8 Å². The summed E-state index contributed by atoms with van der Waals surface area (Å²) in [6.07, 6.45) is 0. The Balaban J connectivity index is 2.27. The van der Waals surface area contributed by atoms with Crippen molar-refractivity contribution in [3.63, 3.8) is 0 Å². The van der Waals surface area contributed by atoms with E-state index in [2.05, 4.69) is 10.0 Å². The van der Waals surface area contributed by atoms with Crippen molar-refractivity contribution in [3.05, 3.63) is 53.1 Å². The number of hydrogen-bond donors (Lipinski definition) is 2. The summed E-state index contributed by atoms with van der Waals surface area (Å²) < 4.78 is 51.1. The van der Waals surface area contributed by atoms with Crippen LogP contribution < -0.4 is 10.0 Å². The number of rotatable bonds is 6. The molecule has 2 aromatic rings. The van der Waals surface area contributed by atoms with Gasteiger partial charge in [0.2, 0.25) is 10.0 Å². The SMILES string of the molecule is CNS(=O)(=O)c1cc(C(=O)Nc2ccc(SC(F)F)cc2)cc(C)c1C. The molecule has 2 rings (SSSR count). The molecule has 0 aliphatic heterocycles. The van der Waals surface area contributed by atoms with Gasteiger partial charge in [-0.05, 0) is 68.4 Å². The van der Waals surface area contributed by atoms with Gasteiger partial charge in [0.1, 0.15) is 0 Å². The van der Waals surface area contributed by atoms with Crippen molar-refractivity contribution >= 4 is 33.4 Å². The molecule has 0 saturated carbocycles. The maximum absolute atomic E-state index is 12.5. The van der Waals surface area contributed by atoms with Crippen molar-refractivity contribution in [2.24, 2.45) is 0 Å². The van der Waals surface area contributed by atoms with Crippen LogP contribution in [0.15, 0.2) is 46.2 Å². The summed E-state index contributed by atoms with van der Waals surface area (Å²) >= 11 is 0.413. The molecule has 0 fully saturated rings. The smallest absolute Gasteiger partial charge is 0.288 e. The summed E-state index contributed by atoms with van der Waals surface area (Å²) in [6.45, 7) is 3.39. The van der Waals surface area contributed by atoms with Crippen LogP contribution in [0.2, 0.25) is 0 Å². The van der Waals surface area contributed by atoms with Crippen molar-refractivity contribution in [2.45, 2.75) is 29.4 Å². The number of alkyl halides is 2. The number of nitrogens with one attached hydrogen (secondary N) is 2. The Labute approximate surface area is 155 Å². The minimum absolute atomic E-state index is 0.0360. The molecule has 0 spiro atoms. The summed E-state index contributed by atoms with van der Waals surface area (Å²) in [7, 11) is -2.40. The third kappa shape index (κ3) is 4.80. The van der Waals surface area contributed by atoms with Gasteiger partial charge in [-0.25, -0.2) is 13.1 Å². The Hall–Kier alpha value is -1.97. The number of thioether (sulfide) groups is 1. The average Bonchev–Trinajstić information content (AvgIpc) is 2.58. The molecule has 0 saturated heterocycles. The monoisotopic (exact) mass is 400 g/mol. The van der Waals surface area contributed by atoms with E-state index in [-0.39, 0.29) is 10.5 Å². The number of benzene rings is 2. The Morgan fingerprint density at radius 2 is 1.73 bits per heavy atom. The third-order valence-electron chi connectivity index (χ3n) is 3.78. The Kier molecular flexibility index (Phi) is 6.38. The highest BCUT2D eigenvalue weighted by Crippen LogP contribution is 2.26. The van der Waals surface area contributed by atoms with E-state index in [0.29, 0.717) is 33.5 Å². The Bertz CT molecular complexity index is 914. The average molecular weight is 400 g/mol. The lowest BCUT2D eigenvalue weighted by Gasteiger charge is -2.12. The van der Waals surface area contributed by atoms with Gasteiger partial charge in [0.25, 0.3) is 11.7 Å². The first kappa shape index (κ1) is 20.3. The first-order valence-electron chi connectivity index (χ1n) is 7.55. The minimum Gasteiger partial charge on any atom is -0.322 e. The molecule has 0 atom stereocenters. The van der Waals surface area contributed by atoms with Gasteiger partial charge in [-0.15, -0.1) is 0 Å². The number of halogens is 2. The van der Waals surface area contributed by atoms with Crippen LogP contribution in [0.5, 0.6) is 0 Å². The molecular formula is C17H18F2N2O3S2. The molecule has 2 aromatic carbocycles. The summed E-state index contributed by atoms with van der Waals surface area (Å²) in [6, 6.07) is 8.88. The second-order valence-corrected chi connectivity index (χ2v) is 8.40. The van der Waals surface area contributed by atoms with Gasteiger partial charge in [0, 0.05) is 16.1 Å². The highest BCUT2D eigenvalue weighted by atomic mass is 32.2. The zero-order valence-electron chi connectivity index (χ0n) is 14.3. The summed E-state index contributed by atoms with van der Waals surface area (Å²) in [4.78, 5) is 12.9. The van der Waals surface area contributed by atoms with Gasteiger partial charge in [-0.2, -0.15) is 8.78 Å². The maximum atomic E-state index is 12.5. The maximum Gasteiger partial charge on any atom is 0.288 e. The van der Waals surface area contributed by atoms with Crippen LogP contribution in [0.4, 0.5) is 14.5 Å². The molecule has 9 heteroatoms. The highest BCUT2D eigenvalue weighted by molar-refractivity contribution is 7.99. The lowest BCUT2D eigenvalue weighted by Crippen LogP contribution is -2.21. The fourth-order valence-electron chi connectivity index (χ4n) is 2.27. The van der Waals surface area contributed by atoms with Crippen LogP contribution in [0.3, 0.4) is 0 Å². The second-order valence-electron chi connectivity index (χ2n) is 5.48. The van der Waals surface area contributed by atoms with Gasteiger partial charge >= 0.3 is 0 Å². The fourth-order valence-corrected chi connectivity index (χ4v) is 3.84. The molecule has 1 amide bonds. The quantitative estimate of drug-likeness (QED) is 0.724. The van der Waals surface area contributed by atoms with Gasteiger partial charge in [0.15, 0.2) is 0 Å². The van der Waals surface area contributed by atoms with E-state index in [9.17, 15) is 22.0 Å².